The van der Waals surface area contributed by atoms with E-state index in [2.05, 4.69) is 50.7 Å². The van der Waals surface area contributed by atoms with Gasteiger partial charge in [0, 0.05) is 31.7 Å². The number of benzene rings is 1. The van der Waals surface area contributed by atoms with Gasteiger partial charge in [-0.15, -0.1) is 10.2 Å². The molecule has 6 heteroatoms. The number of nitrogens with zero attached hydrogens (tertiary/aromatic N) is 4. The number of rotatable bonds is 6. The van der Waals surface area contributed by atoms with Crippen LogP contribution in [0, 0.1) is 5.92 Å². The molecule has 144 valence electrons. The predicted molar refractivity (Wildman–Crippen MR) is 107 cm³/mol. The number of carbonyl (C=O) groups excluding carboxylic acids is 1. The highest BCUT2D eigenvalue weighted by Gasteiger charge is 2.28. The van der Waals surface area contributed by atoms with Crippen molar-refractivity contribution in [1.29, 1.82) is 0 Å². The molecule has 1 N–H and O–H groups in total. The monoisotopic (exact) mass is 375 g/mol. The standard InChI is InChI=1S/C22H25N5O/c28-22(23-12-16-6-7-16)19-8-9-20-24-25-21(27(20)15-19)18-10-11-26(14-18)13-17-4-2-1-3-5-17/h1-5,8-9,15-16,18H,6-7,10-14H2,(H,23,28). The minimum atomic E-state index is -0.00873. The van der Waals surface area contributed by atoms with Crippen molar-refractivity contribution in [3.63, 3.8) is 0 Å². The molecule has 1 saturated heterocycles. The van der Waals surface area contributed by atoms with Gasteiger partial charge in [0.05, 0.1) is 5.56 Å². The summed E-state index contributed by atoms with van der Waals surface area (Å²) < 4.78 is 2.00. The summed E-state index contributed by atoms with van der Waals surface area (Å²) in [6, 6.07) is 14.3. The number of carbonyl (C=O) groups is 1. The summed E-state index contributed by atoms with van der Waals surface area (Å²) in [4.78, 5) is 14.9. The summed E-state index contributed by atoms with van der Waals surface area (Å²) in [5.41, 5.74) is 2.81. The number of pyridine rings is 1. The molecule has 1 atom stereocenters. The van der Waals surface area contributed by atoms with Crippen LogP contribution >= 0.6 is 0 Å². The van der Waals surface area contributed by atoms with Crippen LogP contribution in [0.25, 0.3) is 5.65 Å². The number of amides is 1. The number of likely N-dealkylation sites (tertiary alicyclic amines) is 1. The molecule has 28 heavy (non-hydrogen) atoms. The molecule has 1 saturated carbocycles. The number of hydrogen-bond donors (Lipinski definition) is 1. The van der Waals surface area contributed by atoms with Gasteiger partial charge in [0.25, 0.3) is 5.91 Å². The lowest BCUT2D eigenvalue weighted by Gasteiger charge is -2.15. The molecule has 5 rings (SSSR count). The molecule has 3 heterocycles. The van der Waals surface area contributed by atoms with Gasteiger partial charge in [-0.05, 0) is 49.4 Å². The first kappa shape index (κ1) is 17.4. The number of aromatic nitrogens is 3. The second kappa shape index (κ2) is 7.36. The van der Waals surface area contributed by atoms with E-state index >= 15 is 0 Å². The number of fused-ring (bicyclic) bond motifs is 1. The third kappa shape index (κ3) is 3.64. The highest BCUT2D eigenvalue weighted by Crippen LogP contribution is 2.28. The zero-order chi connectivity index (χ0) is 18.9. The minimum absolute atomic E-state index is 0.00873. The van der Waals surface area contributed by atoms with Crippen LogP contribution in [-0.2, 0) is 6.54 Å². The van der Waals surface area contributed by atoms with E-state index in [1.807, 2.05) is 22.7 Å². The molecule has 0 radical (unpaired) electrons. The topological polar surface area (TPSA) is 62.5 Å². The summed E-state index contributed by atoms with van der Waals surface area (Å²) >= 11 is 0. The Hall–Kier alpha value is -2.73. The average Bonchev–Trinajstić information content (AvgIpc) is 3.29. The molecule has 1 unspecified atom stereocenters. The van der Waals surface area contributed by atoms with Gasteiger partial charge in [-0.2, -0.15) is 0 Å². The van der Waals surface area contributed by atoms with Gasteiger partial charge in [-0.3, -0.25) is 14.1 Å². The van der Waals surface area contributed by atoms with Gasteiger partial charge in [0.2, 0.25) is 0 Å². The molecule has 1 amide bonds. The van der Waals surface area contributed by atoms with E-state index in [1.54, 1.807) is 0 Å². The Bertz CT molecular complexity index is 979. The van der Waals surface area contributed by atoms with Crippen molar-refractivity contribution in [2.75, 3.05) is 19.6 Å². The Kier molecular flexibility index (Phi) is 4.56. The lowest BCUT2D eigenvalue weighted by Crippen LogP contribution is -2.25. The summed E-state index contributed by atoms with van der Waals surface area (Å²) in [7, 11) is 0. The van der Waals surface area contributed by atoms with Crippen LogP contribution in [0.4, 0.5) is 0 Å². The zero-order valence-electron chi connectivity index (χ0n) is 15.9. The molecule has 2 aromatic heterocycles. The van der Waals surface area contributed by atoms with E-state index in [0.717, 1.165) is 44.1 Å². The summed E-state index contributed by atoms with van der Waals surface area (Å²) in [6.07, 6.45) is 5.42. The molecule has 2 fully saturated rings. The Morgan fingerprint density at radius 1 is 1.07 bits per heavy atom. The first-order valence-electron chi connectivity index (χ1n) is 10.2. The zero-order valence-corrected chi connectivity index (χ0v) is 15.9. The third-order valence-electron chi connectivity index (χ3n) is 5.83. The van der Waals surface area contributed by atoms with Crippen molar-refractivity contribution in [2.45, 2.75) is 31.7 Å². The van der Waals surface area contributed by atoms with E-state index in [-0.39, 0.29) is 5.91 Å². The van der Waals surface area contributed by atoms with Gasteiger partial charge in [0.1, 0.15) is 5.82 Å². The van der Waals surface area contributed by atoms with Crippen molar-refractivity contribution in [3.8, 4) is 0 Å². The van der Waals surface area contributed by atoms with Crippen molar-refractivity contribution >= 4 is 11.6 Å². The Labute approximate surface area is 164 Å². The molecule has 1 aliphatic heterocycles. The van der Waals surface area contributed by atoms with Crippen molar-refractivity contribution < 1.29 is 4.79 Å². The van der Waals surface area contributed by atoms with Crippen molar-refractivity contribution in [2.24, 2.45) is 5.92 Å². The van der Waals surface area contributed by atoms with Gasteiger partial charge in [-0.25, -0.2) is 0 Å². The number of hydrogen-bond acceptors (Lipinski definition) is 4. The van der Waals surface area contributed by atoms with Gasteiger partial charge in [0.15, 0.2) is 5.65 Å². The maximum absolute atomic E-state index is 12.5. The average molecular weight is 375 g/mol. The lowest BCUT2D eigenvalue weighted by molar-refractivity contribution is 0.0951. The summed E-state index contributed by atoms with van der Waals surface area (Å²) in [5.74, 6) is 1.96. The lowest BCUT2D eigenvalue weighted by atomic mass is 10.1. The SMILES string of the molecule is O=C(NCC1CC1)c1ccc2nnc(C3CCN(Cc4ccccc4)C3)n2c1. The molecular formula is C22H25N5O. The van der Waals surface area contributed by atoms with E-state index in [0.29, 0.717) is 17.4 Å². The Morgan fingerprint density at radius 2 is 1.93 bits per heavy atom. The Balaban J connectivity index is 1.31. The number of nitrogens with one attached hydrogen (secondary N) is 1. The van der Waals surface area contributed by atoms with Crippen molar-refractivity contribution in [1.82, 2.24) is 24.8 Å². The van der Waals surface area contributed by atoms with E-state index in [9.17, 15) is 4.79 Å². The maximum atomic E-state index is 12.5. The third-order valence-corrected chi connectivity index (χ3v) is 5.83. The molecule has 6 nitrogen and oxygen atoms in total. The first-order chi connectivity index (χ1) is 13.8. The van der Waals surface area contributed by atoms with Crippen molar-refractivity contribution in [3.05, 3.63) is 65.6 Å². The van der Waals surface area contributed by atoms with Crippen LogP contribution in [0.2, 0.25) is 0 Å². The second-order valence-corrected chi connectivity index (χ2v) is 8.06. The van der Waals surface area contributed by atoms with E-state index in [1.165, 1.54) is 18.4 Å². The van der Waals surface area contributed by atoms with Crippen LogP contribution < -0.4 is 5.32 Å². The van der Waals surface area contributed by atoms with Crippen LogP contribution in [0.15, 0.2) is 48.7 Å². The second-order valence-electron chi connectivity index (χ2n) is 8.06. The molecule has 0 spiro atoms. The van der Waals surface area contributed by atoms with Gasteiger partial charge < -0.3 is 5.32 Å². The fourth-order valence-electron chi connectivity index (χ4n) is 4.01. The predicted octanol–water partition coefficient (Wildman–Crippen LogP) is 2.86. The molecule has 1 aromatic carbocycles. The van der Waals surface area contributed by atoms with Gasteiger partial charge >= 0.3 is 0 Å². The molecule has 0 bridgehead atoms. The maximum Gasteiger partial charge on any atom is 0.252 e. The van der Waals surface area contributed by atoms with Crippen LogP contribution in [0.5, 0.6) is 0 Å². The van der Waals surface area contributed by atoms with E-state index in [4.69, 9.17) is 0 Å². The van der Waals surface area contributed by atoms with Crippen LogP contribution in [0.3, 0.4) is 0 Å². The molecule has 1 aliphatic carbocycles. The molecule has 2 aliphatic rings. The smallest absolute Gasteiger partial charge is 0.252 e. The largest absolute Gasteiger partial charge is 0.352 e. The fraction of sp³-hybridized carbons (Fsp3) is 0.409. The molecule has 3 aromatic rings. The first-order valence-corrected chi connectivity index (χ1v) is 10.2. The summed E-state index contributed by atoms with van der Waals surface area (Å²) in [6.45, 7) is 3.76. The van der Waals surface area contributed by atoms with Gasteiger partial charge in [-0.1, -0.05) is 30.3 Å². The molecular weight excluding hydrogens is 350 g/mol. The Morgan fingerprint density at radius 3 is 2.75 bits per heavy atom. The summed E-state index contributed by atoms with van der Waals surface area (Å²) in [5, 5.41) is 11.8. The fourth-order valence-corrected chi connectivity index (χ4v) is 4.01. The highest BCUT2D eigenvalue weighted by atomic mass is 16.1. The van der Waals surface area contributed by atoms with E-state index < -0.39 is 0 Å². The highest BCUT2D eigenvalue weighted by molar-refractivity contribution is 5.94. The van der Waals surface area contributed by atoms with Crippen LogP contribution in [0.1, 0.15) is 46.9 Å². The quantitative estimate of drug-likeness (QED) is 0.720. The van der Waals surface area contributed by atoms with Crippen LogP contribution in [-0.4, -0.2) is 45.0 Å². The normalized spacial score (nSPS) is 19.9. The minimum Gasteiger partial charge on any atom is -0.352 e.